The maximum atomic E-state index is 11.3. The van der Waals surface area contributed by atoms with Gasteiger partial charge in [0.25, 0.3) is 10.2 Å². The molecule has 6 heteroatoms. The van der Waals surface area contributed by atoms with Gasteiger partial charge in [0.2, 0.25) is 0 Å². The van der Waals surface area contributed by atoms with Crippen LogP contribution in [-0.4, -0.2) is 37.3 Å². The van der Waals surface area contributed by atoms with Crippen molar-refractivity contribution in [3.8, 4) is 0 Å². The SMILES string of the molecule is O=S(=O)(NCCc1ccc[nH]1)N1CC1. The van der Waals surface area contributed by atoms with Crippen molar-refractivity contribution in [3.63, 3.8) is 0 Å². The molecule has 0 atom stereocenters. The lowest BCUT2D eigenvalue weighted by atomic mass is 10.3. The molecule has 2 rings (SSSR count). The highest BCUT2D eigenvalue weighted by atomic mass is 32.2. The van der Waals surface area contributed by atoms with E-state index >= 15 is 0 Å². The number of aromatic nitrogens is 1. The second-order valence-corrected chi connectivity index (χ2v) is 5.00. The zero-order valence-electron chi connectivity index (χ0n) is 7.73. The van der Waals surface area contributed by atoms with E-state index in [1.54, 1.807) is 0 Å². The summed E-state index contributed by atoms with van der Waals surface area (Å²) in [7, 11) is -3.17. The number of H-pyrrole nitrogens is 1. The zero-order chi connectivity index (χ0) is 10.0. The van der Waals surface area contributed by atoms with Crippen LogP contribution in [0.3, 0.4) is 0 Å². The number of nitrogens with zero attached hydrogens (tertiary/aromatic N) is 1. The molecule has 0 spiro atoms. The van der Waals surface area contributed by atoms with E-state index in [9.17, 15) is 8.42 Å². The Hall–Kier alpha value is -0.850. The summed E-state index contributed by atoms with van der Waals surface area (Å²) < 4.78 is 26.6. The first kappa shape index (κ1) is 9.70. The number of hydrogen-bond donors (Lipinski definition) is 2. The molecular formula is C8H13N3O2S. The van der Waals surface area contributed by atoms with Crippen LogP contribution in [0, 0.1) is 0 Å². The van der Waals surface area contributed by atoms with Crippen LogP contribution in [0.4, 0.5) is 0 Å². The van der Waals surface area contributed by atoms with Gasteiger partial charge in [-0.25, -0.2) is 4.72 Å². The van der Waals surface area contributed by atoms with Gasteiger partial charge in [0.15, 0.2) is 0 Å². The molecule has 1 fully saturated rings. The van der Waals surface area contributed by atoms with Gasteiger partial charge in [0.1, 0.15) is 0 Å². The third-order valence-corrected chi connectivity index (χ3v) is 3.70. The molecule has 14 heavy (non-hydrogen) atoms. The summed E-state index contributed by atoms with van der Waals surface area (Å²) in [5.74, 6) is 0. The third kappa shape index (κ3) is 2.34. The van der Waals surface area contributed by atoms with Crippen LogP contribution in [0.5, 0.6) is 0 Å². The van der Waals surface area contributed by atoms with Gasteiger partial charge in [0, 0.05) is 37.9 Å². The molecule has 0 aliphatic carbocycles. The fourth-order valence-corrected chi connectivity index (χ4v) is 2.32. The van der Waals surface area contributed by atoms with Crippen molar-refractivity contribution in [2.24, 2.45) is 0 Å². The summed E-state index contributed by atoms with van der Waals surface area (Å²) in [6, 6.07) is 3.83. The Bertz CT molecular complexity index is 381. The van der Waals surface area contributed by atoms with E-state index in [4.69, 9.17) is 0 Å². The molecule has 2 N–H and O–H groups in total. The van der Waals surface area contributed by atoms with E-state index < -0.39 is 10.2 Å². The van der Waals surface area contributed by atoms with Gasteiger partial charge in [-0.05, 0) is 12.1 Å². The highest BCUT2D eigenvalue weighted by Crippen LogP contribution is 2.08. The largest absolute Gasteiger partial charge is 0.365 e. The standard InChI is InChI=1S/C8H13N3O2S/c12-14(13,11-6-7-11)10-5-3-8-2-1-4-9-8/h1-2,4,9-10H,3,5-7H2. The lowest BCUT2D eigenvalue weighted by Gasteiger charge is -2.04. The summed E-state index contributed by atoms with van der Waals surface area (Å²) >= 11 is 0. The predicted octanol–water partition coefficient (Wildman–Crippen LogP) is -0.293. The van der Waals surface area contributed by atoms with E-state index in [0.29, 0.717) is 26.1 Å². The molecule has 0 aromatic carbocycles. The van der Waals surface area contributed by atoms with Crippen molar-refractivity contribution >= 4 is 10.2 Å². The van der Waals surface area contributed by atoms with Crippen LogP contribution in [0.1, 0.15) is 5.69 Å². The summed E-state index contributed by atoms with van der Waals surface area (Å²) in [4.78, 5) is 3.02. The van der Waals surface area contributed by atoms with Gasteiger partial charge in [-0.2, -0.15) is 12.7 Å². The minimum absolute atomic E-state index is 0.444. The normalized spacial score (nSPS) is 17.1. The average Bonchev–Trinajstić information content (AvgIpc) is 2.87. The molecule has 5 nitrogen and oxygen atoms in total. The van der Waals surface area contributed by atoms with Crippen molar-refractivity contribution in [1.82, 2.24) is 14.0 Å². The Morgan fingerprint density at radius 3 is 2.86 bits per heavy atom. The Morgan fingerprint density at radius 2 is 2.29 bits per heavy atom. The fraction of sp³-hybridized carbons (Fsp3) is 0.500. The first-order valence-corrected chi connectivity index (χ1v) is 5.99. The van der Waals surface area contributed by atoms with Gasteiger partial charge in [-0.1, -0.05) is 0 Å². The van der Waals surface area contributed by atoms with E-state index in [0.717, 1.165) is 5.69 Å². The quantitative estimate of drug-likeness (QED) is 0.663. The smallest absolute Gasteiger partial charge is 0.279 e. The zero-order valence-corrected chi connectivity index (χ0v) is 8.55. The van der Waals surface area contributed by atoms with Crippen molar-refractivity contribution < 1.29 is 8.42 Å². The molecule has 0 radical (unpaired) electrons. The van der Waals surface area contributed by atoms with Crippen molar-refractivity contribution in [3.05, 3.63) is 24.0 Å². The Kier molecular flexibility index (Phi) is 2.58. The average molecular weight is 215 g/mol. The lowest BCUT2D eigenvalue weighted by molar-refractivity contribution is 0.547. The van der Waals surface area contributed by atoms with Crippen LogP contribution in [0.2, 0.25) is 0 Å². The molecule has 0 saturated carbocycles. The molecule has 1 aliphatic heterocycles. The molecule has 1 saturated heterocycles. The Labute approximate surface area is 83.3 Å². The van der Waals surface area contributed by atoms with Crippen LogP contribution in [-0.2, 0) is 16.6 Å². The van der Waals surface area contributed by atoms with Crippen molar-refractivity contribution in [2.75, 3.05) is 19.6 Å². The highest BCUT2D eigenvalue weighted by molar-refractivity contribution is 7.87. The van der Waals surface area contributed by atoms with E-state index in [1.807, 2.05) is 18.3 Å². The van der Waals surface area contributed by atoms with E-state index in [-0.39, 0.29) is 0 Å². The maximum Gasteiger partial charge on any atom is 0.279 e. The van der Waals surface area contributed by atoms with Gasteiger partial charge < -0.3 is 4.98 Å². The van der Waals surface area contributed by atoms with Gasteiger partial charge in [0.05, 0.1) is 0 Å². The second kappa shape index (κ2) is 3.72. The Balaban J connectivity index is 1.78. The predicted molar refractivity (Wildman–Crippen MR) is 53.0 cm³/mol. The first-order chi connectivity index (χ1) is 6.68. The van der Waals surface area contributed by atoms with Gasteiger partial charge >= 0.3 is 0 Å². The van der Waals surface area contributed by atoms with Crippen molar-refractivity contribution in [2.45, 2.75) is 6.42 Å². The second-order valence-electron chi connectivity index (χ2n) is 3.24. The minimum atomic E-state index is -3.17. The van der Waals surface area contributed by atoms with E-state index in [2.05, 4.69) is 9.71 Å². The topological polar surface area (TPSA) is 65.0 Å². The van der Waals surface area contributed by atoms with Crippen LogP contribution < -0.4 is 4.72 Å². The molecule has 1 aromatic rings. The molecule has 78 valence electrons. The van der Waals surface area contributed by atoms with E-state index in [1.165, 1.54) is 4.31 Å². The highest BCUT2D eigenvalue weighted by Gasteiger charge is 2.30. The lowest BCUT2D eigenvalue weighted by Crippen LogP contribution is -2.31. The van der Waals surface area contributed by atoms with Gasteiger partial charge in [-0.15, -0.1) is 0 Å². The van der Waals surface area contributed by atoms with Crippen molar-refractivity contribution in [1.29, 1.82) is 0 Å². The summed E-state index contributed by atoms with van der Waals surface area (Å²) in [6.45, 7) is 1.75. The monoisotopic (exact) mass is 215 g/mol. The number of aromatic amines is 1. The number of rotatable bonds is 5. The maximum absolute atomic E-state index is 11.3. The molecule has 0 amide bonds. The molecular weight excluding hydrogens is 202 g/mol. The molecule has 0 bridgehead atoms. The number of hydrogen-bond acceptors (Lipinski definition) is 2. The van der Waals surface area contributed by atoms with Crippen LogP contribution in [0.25, 0.3) is 0 Å². The van der Waals surface area contributed by atoms with Gasteiger partial charge in [-0.3, -0.25) is 0 Å². The Morgan fingerprint density at radius 1 is 1.50 bits per heavy atom. The first-order valence-electron chi connectivity index (χ1n) is 4.55. The third-order valence-electron chi connectivity index (χ3n) is 2.09. The summed E-state index contributed by atoms with van der Waals surface area (Å²) in [5.41, 5.74) is 1.04. The molecule has 1 aromatic heterocycles. The fourth-order valence-electron chi connectivity index (χ4n) is 1.21. The summed E-state index contributed by atoms with van der Waals surface area (Å²) in [6.07, 6.45) is 2.52. The summed E-state index contributed by atoms with van der Waals surface area (Å²) in [5, 5.41) is 0. The van der Waals surface area contributed by atoms with Crippen LogP contribution in [0.15, 0.2) is 18.3 Å². The molecule has 2 heterocycles. The molecule has 1 aliphatic rings. The molecule has 0 unspecified atom stereocenters. The number of nitrogens with one attached hydrogen (secondary N) is 2. The van der Waals surface area contributed by atoms with Crippen LogP contribution >= 0.6 is 0 Å². The minimum Gasteiger partial charge on any atom is -0.365 e.